The Bertz CT molecular complexity index is 527. The molecule has 5 heteroatoms. The first-order valence-electron chi connectivity index (χ1n) is 6.27. The van der Waals surface area contributed by atoms with E-state index in [4.69, 9.17) is 4.74 Å². The molecule has 4 nitrogen and oxygen atoms in total. The molecule has 0 aliphatic rings. The number of hydrogen-bond acceptors (Lipinski definition) is 3. The van der Waals surface area contributed by atoms with Gasteiger partial charge in [-0.05, 0) is 41.9 Å². The lowest BCUT2D eigenvalue weighted by molar-refractivity contribution is 0.215. The van der Waals surface area contributed by atoms with Crippen molar-refractivity contribution in [1.29, 1.82) is 0 Å². The summed E-state index contributed by atoms with van der Waals surface area (Å²) < 4.78 is 6.84. The van der Waals surface area contributed by atoms with Gasteiger partial charge in [0.15, 0.2) is 0 Å². The Morgan fingerprint density at radius 3 is 2.89 bits per heavy atom. The van der Waals surface area contributed by atoms with Crippen molar-refractivity contribution in [1.82, 2.24) is 15.5 Å². The van der Waals surface area contributed by atoms with Crippen LogP contribution in [0.5, 0.6) is 5.75 Å². The quantitative estimate of drug-likeness (QED) is 0.859. The Morgan fingerprint density at radius 1 is 1.42 bits per heavy atom. The summed E-state index contributed by atoms with van der Waals surface area (Å²) in [7, 11) is 0. The number of nitrogens with one attached hydrogen (secondary N) is 2. The number of rotatable bonds is 6. The molecule has 0 fully saturated rings. The zero-order valence-electron chi connectivity index (χ0n) is 11.1. The molecular formula is C14H18BrN3O. The molecule has 1 aromatic heterocycles. The van der Waals surface area contributed by atoms with Crippen LogP contribution >= 0.6 is 15.9 Å². The first kappa shape index (κ1) is 14.1. The lowest BCUT2D eigenvalue weighted by atomic mass is 10.2. The number of benzene rings is 1. The average Bonchev–Trinajstić information content (AvgIpc) is 2.78. The Kier molecular flexibility index (Phi) is 4.99. The Balaban J connectivity index is 1.78. The van der Waals surface area contributed by atoms with Crippen LogP contribution in [0.3, 0.4) is 0 Å². The molecule has 1 aromatic carbocycles. The summed E-state index contributed by atoms with van der Waals surface area (Å²) in [4.78, 5) is 0. The molecule has 1 atom stereocenters. The third kappa shape index (κ3) is 4.08. The van der Waals surface area contributed by atoms with E-state index in [-0.39, 0.29) is 6.10 Å². The van der Waals surface area contributed by atoms with Gasteiger partial charge in [-0.3, -0.25) is 5.10 Å². The maximum atomic E-state index is 5.86. The van der Waals surface area contributed by atoms with Crippen molar-refractivity contribution in [3.05, 3.63) is 46.2 Å². The molecule has 2 aromatic rings. The third-order valence-electron chi connectivity index (χ3n) is 2.85. The van der Waals surface area contributed by atoms with Gasteiger partial charge in [-0.15, -0.1) is 0 Å². The van der Waals surface area contributed by atoms with Crippen molar-refractivity contribution >= 4 is 15.9 Å². The molecule has 0 aliphatic heterocycles. The van der Waals surface area contributed by atoms with Crippen LogP contribution in [-0.4, -0.2) is 22.8 Å². The monoisotopic (exact) mass is 323 g/mol. The van der Waals surface area contributed by atoms with Gasteiger partial charge in [0.25, 0.3) is 0 Å². The molecule has 0 unspecified atom stereocenters. The maximum absolute atomic E-state index is 5.86. The Labute approximate surface area is 121 Å². The highest BCUT2D eigenvalue weighted by Gasteiger charge is 2.07. The van der Waals surface area contributed by atoms with E-state index >= 15 is 0 Å². The molecule has 0 radical (unpaired) electrons. The van der Waals surface area contributed by atoms with Crippen molar-refractivity contribution in [3.8, 4) is 5.75 Å². The minimum Gasteiger partial charge on any atom is -0.488 e. The summed E-state index contributed by atoms with van der Waals surface area (Å²) in [5.41, 5.74) is 2.29. The lowest BCUT2D eigenvalue weighted by Crippen LogP contribution is -2.28. The van der Waals surface area contributed by atoms with Crippen LogP contribution in [0, 0.1) is 6.92 Å². The Hall–Kier alpha value is -1.33. The highest BCUT2D eigenvalue weighted by atomic mass is 79.9. The number of H-pyrrole nitrogens is 1. The molecule has 102 valence electrons. The van der Waals surface area contributed by atoms with Crippen LogP contribution in [0.25, 0.3) is 0 Å². The predicted molar refractivity (Wildman–Crippen MR) is 79.3 cm³/mol. The number of hydrogen-bond donors (Lipinski definition) is 2. The fourth-order valence-electron chi connectivity index (χ4n) is 1.76. The number of halogens is 1. The van der Waals surface area contributed by atoms with E-state index in [9.17, 15) is 0 Å². The summed E-state index contributed by atoms with van der Waals surface area (Å²) in [6, 6.07) is 7.88. The van der Waals surface area contributed by atoms with Gasteiger partial charge in [-0.25, -0.2) is 0 Å². The van der Waals surface area contributed by atoms with E-state index in [1.165, 1.54) is 5.56 Å². The molecule has 2 N–H and O–H groups in total. The minimum atomic E-state index is 0.103. The van der Waals surface area contributed by atoms with Crippen molar-refractivity contribution in [3.63, 3.8) is 0 Å². The topological polar surface area (TPSA) is 49.9 Å². The molecule has 0 aliphatic carbocycles. The number of para-hydroxylation sites is 1. The van der Waals surface area contributed by atoms with E-state index < -0.39 is 0 Å². The number of aromatic nitrogens is 2. The molecule has 0 amide bonds. The average molecular weight is 324 g/mol. The molecule has 0 saturated carbocycles. The van der Waals surface area contributed by atoms with Crippen molar-refractivity contribution in [2.75, 3.05) is 6.54 Å². The molecule has 0 bridgehead atoms. The van der Waals surface area contributed by atoms with E-state index in [1.54, 1.807) is 0 Å². The standard InChI is InChI=1S/C14H18BrN3O/c1-10(19-14-6-4-3-5-13(14)15)7-16-8-12-9-17-18-11(12)2/h3-6,9-10,16H,7-8H2,1-2H3,(H,17,18)/t10-/m1/s1. The second-order valence-electron chi connectivity index (χ2n) is 4.51. The molecule has 0 spiro atoms. The van der Waals surface area contributed by atoms with Gasteiger partial charge in [0, 0.05) is 24.3 Å². The zero-order chi connectivity index (χ0) is 13.7. The number of aromatic amines is 1. The second-order valence-corrected chi connectivity index (χ2v) is 5.36. The highest BCUT2D eigenvalue weighted by Crippen LogP contribution is 2.24. The number of nitrogens with zero attached hydrogens (tertiary/aromatic N) is 1. The number of ether oxygens (including phenoxy) is 1. The summed E-state index contributed by atoms with van der Waals surface area (Å²) in [5.74, 6) is 0.872. The minimum absolute atomic E-state index is 0.103. The van der Waals surface area contributed by atoms with Crippen LogP contribution in [0.15, 0.2) is 34.9 Å². The molecule has 1 heterocycles. The summed E-state index contributed by atoms with van der Waals surface area (Å²) in [5, 5.41) is 10.3. The van der Waals surface area contributed by atoms with Crippen molar-refractivity contribution in [2.45, 2.75) is 26.5 Å². The largest absolute Gasteiger partial charge is 0.488 e. The third-order valence-corrected chi connectivity index (χ3v) is 3.50. The van der Waals surface area contributed by atoms with Crippen LogP contribution in [0.4, 0.5) is 0 Å². The van der Waals surface area contributed by atoms with Gasteiger partial charge in [0.1, 0.15) is 11.9 Å². The molecule has 19 heavy (non-hydrogen) atoms. The van der Waals surface area contributed by atoms with Gasteiger partial charge in [-0.2, -0.15) is 5.10 Å². The van der Waals surface area contributed by atoms with Crippen LogP contribution in [0.2, 0.25) is 0 Å². The van der Waals surface area contributed by atoms with Crippen LogP contribution in [0.1, 0.15) is 18.2 Å². The summed E-state index contributed by atoms with van der Waals surface area (Å²) >= 11 is 3.48. The normalized spacial score (nSPS) is 12.4. The summed E-state index contributed by atoms with van der Waals surface area (Å²) in [6.45, 7) is 5.65. The van der Waals surface area contributed by atoms with E-state index in [2.05, 4.69) is 38.4 Å². The van der Waals surface area contributed by atoms with Crippen LogP contribution in [-0.2, 0) is 6.54 Å². The fraction of sp³-hybridized carbons (Fsp3) is 0.357. The molecule has 2 rings (SSSR count). The van der Waals surface area contributed by atoms with Gasteiger partial charge in [-0.1, -0.05) is 12.1 Å². The van der Waals surface area contributed by atoms with E-state index in [0.29, 0.717) is 0 Å². The van der Waals surface area contributed by atoms with Gasteiger partial charge in [0.05, 0.1) is 10.7 Å². The van der Waals surface area contributed by atoms with E-state index in [0.717, 1.165) is 29.0 Å². The van der Waals surface area contributed by atoms with E-state index in [1.807, 2.05) is 37.4 Å². The first-order valence-corrected chi connectivity index (χ1v) is 7.07. The smallest absolute Gasteiger partial charge is 0.133 e. The van der Waals surface area contributed by atoms with Gasteiger partial charge in [0.2, 0.25) is 0 Å². The lowest BCUT2D eigenvalue weighted by Gasteiger charge is -2.16. The van der Waals surface area contributed by atoms with Gasteiger partial charge < -0.3 is 10.1 Å². The van der Waals surface area contributed by atoms with Crippen molar-refractivity contribution < 1.29 is 4.74 Å². The Morgan fingerprint density at radius 2 is 2.21 bits per heavy atom. The van der Waals surface area contributed by atoms with Crippen molar-refractivity contribution in [2.24, 2.45) is 0 Å². The zero-order valence-corrected chi connectivity index (χ0v) is 12.7. The van der Waals surface area contributed by atoms with Crippen LogP contribution < -0.4 is 10.1 Å². The highest BCUT2D eigenvalue weighted by molar-refractivity contribution is 9.10. The van der Waals surface area contributed by atoms with Gasteiger partial charge >= 0.3 is 0 Å². The first-order chi connectivity index (χ1) is 9.16. The predicted octanol–water partition coefficient (Wildman–Crippen LogP) is 3.04. The SMILES string of the molecule is Cc1[nH]ncc1CNC[C@@H](C)Oc1ccccc1Br. The molecule has 0 saturated heterocycles. The second kappa shape index (κ2) is 6.73. The fourth-order valence-corrected chi connectivity index (χ4v) is 2.14. The molecular weight excluding hydrogens is 306 g/mol. The summed E-state index contributed by atoms with van der Waals surface area (Å²) in [6.07, 6.45) is 1.95. The number of aryl methyl sites for hydroxylation is 1. The maximum Gasteiger partial charge on any atom is 0.133 e.